The van der Waals surface area contributed by atoms with Crippen LogP contribution in [0.3, 0.4) is 0 Å². The summed E-state index contributed by atoms with van der Waals surface area (Å²) in [4.78, 5) is 22.5. The van der Waals surface area contributed by atoms with Crippen LogP contribution in [0.4, 0.5) is 0 Å². The van der Waals surface area contributed by atoms with Crippen molar-refractivity contribution in [3.05, 3.63) is 21.9 Å². The Morgan fingerprint density at radius 1 is 1.43 bits per heavy atom. The molecule has 0 bridgehead atoms. The summed E-state index contributed by atoms with van der Waals surface area (Å²) in [6.07, 6.45) is 2.61. The predicted octanol–water partition coefficient (Wildman–Crippen LogP) is 0.221. The normalized spacial score (nSPS) is 15.2. The van der Waals surface area contributed by atoms with Crippen molar-refractivity contribution in [3.63, 3.8) is 0 Å². The standard InChI is InChI=1S/C9H12N2O3/c1-10-7(8(12)13)6-4-2-3-5-11(6)9(10)14/h2-5H2,1H3,(H,12,13). The van der Waals surface area contributed by atoms with Gasteiger partial charge in [-0.05, 0) is 19.3 Å². The van der Waals surface area contributed by atoms with Gasteiger partial charge in [-0.1, -0.05) is 0 Å². The molecule has 0 saturated carbocycles. The van der Waals surface area contributed by atoms with Crippen LogP contribution in [-0.2, 0) is 20.0 Å². The van der Waals surface area contributed by atoms with Gasteiger partial charge in [0.2, 0.25) is 0 Å². The van der Waals surface area contributed by atoms with Crippen LogP contribution in [0.5, 0.6) is 0 Å². The Labute approximate surface area is 80.6 Å². The highest BCUT2D eigenvalue weighted by Gasteiger charge is 2.24. The monoisotopic (exact) mass is 196 g/mol. The number of nitrogens with zero attached hydrogens (tertiary/aromatic N) is 2. The molecule has 2 rings (SSSR count). The maximum atomic E-state index is 11.6. The van der Waals surface area contributed by atoms with E-state index in [1.165, 1.54) is 11.6 Å². The van der Waals surface area contributed by atoms with Crippen molar-refractivity contribution < 1.29 is 9.90 Å². The molecule has 0 aromatic carbocycles. The molecule has 14 heavy (non-hydrogen) atoms. The molecule has 0 saturated heterocycles. The Kier molecular flexibility index (Phi) is 1.94. The molecule has 0 spiro atoms. The minimum atomic E-state index is -1.01. The van der Waals surface area contributed by atoms with E-state index < -0.39 is 5.97 Å². The fourth-order valence-corrected chi connectivity index (χ4v) is 2.03. The van der Waals surface area contributed by atoms with Gasteiger partial charge in [-0.25, -0.2) is 9.59 Å². The van der Waals surface area contributed by atoms with Crippen LogP contribution in [-0.4, -0.2) is 20.2 Å². The third-order valence-corrected chi connectivity index (χ3v) is 2.70. The van der Waals surface area contributed by atoms with E-state index >= 15 is 0 Å². The number of hydrogen-bond donors (Lipinski definition) is 1. The van der Waals surface area contributed by atoms with Crippen LogP contribution in [0.25, 0.3) is 0 Å². The number of carboxylic acids is 1. The van der Waals surface area contributed by atoms with Gasteiger partial charge in [0.05, 0.1) is 5.69 Å². The Bertz CT molecular complexity index is 442. The Balaban J connectivity index is 2.71. The van der Waals surface area contributed by atoms with Crippen LogP contribution >= 0.6 is 0 Å². The van der Waals surface area contributed by atoms with Crippen molar-refractivity contribution >= 4 is 5.97 Å². The lowest BCUT2D eigenvalue weighted by molar-refractivity contribution is 0.0684. The van der Waals surface area contributed by atoms with Gasteiger partial charge >= 0.3 is 11.7 Å². The molecular formula is C9H12N2O3. The van der Waals surface area contributed by atoms with Crippen LogP contribution in [0, 0.1) is 0 Å². The SMILES string of the molecule is Cn1c(C(=O)O)c2n(c1=O)CCCC2. The molecule has 2 heterocycles. The van der Waals surface area contributed by atoms with Crippen molar-refractivity contribution in [2.45, 2.75) is 25.8 Å². The lowest BCUT2D eigenvalue weighted by atomic mass is 10.1. The average Bonchev–Trinajstić information content (AvgIpc) is 2.41. The lowest BCUT2D eigenvalue weighted by Gasteiger charge is -2.12. The van der Waals surface area contributed by atoms with Crippen molar-refractivity contribution in [2.24, 2.45) is 7.05 Å². The Morgan fingerprint density at radius 2 is 2.14 bits per heavy atom. The van der Waals surface area contributed by atoms with Gasteiger partial charge in [0, 0.05) is 13.6 Å². The molecular weight excluding hydrogens is 184 g/mol. The van der Waals surface area contributed by atoms with Gasteiger partial charge in [0.15, 0.2) is 5.69 Å². The van der Waals surface area contributed by atoms with Gasteiger partial charge in [0.1, 0.15) is 0 Å². The number of hydrogen-bond acceptors (Lipinski definition) is 2. The highest BCUT2D eigenvalue weighted by atomic mass is 16.4. The van der Waals surface area contributed by atoms with E-state index in [1.807, 2.05) is 0 Å². The van der Waals surface area contributed by atoms with E-state index in [0.717, 1.165) is 12.8 Å². The summed E-state index contributed by atoms with van der Waals surface area (Å²) in [6.45, 7) is 0.648. The maximum absolute atomic E-state index is 11.6. The van der Waals surface area contributed by atoms with Gasteiger partial charge in [-0.15, -0.1) is 0 Å². The first-order valence-electron chi connectivity index (χ1n) is 4.64. The number of fused-ring (bicyclic) bond motifs is 1. The molecule has 0 amide bonds. The summed E-state index contributed by atoms with van der Waals surface area (Å²) in [5.74, 6) is -1.01. The van der Waals surface area contributed by atoms with Crippen molar-refractivity contribution in [2.75, 3.05) is 0 Å². The quantitative estimate of drug-likeness (QED) is 0.698. The fraction of sp³-hybridized carbons (Fsp3) is 0.556. The summed E-state index contributed by atoms with van der Waals surface area (Å²) < 4.78 is 2.80. The van der Waals surface area contributed by atoms with E-state index in [9.17, 15) is 9.59 Å². The van der Waals surface area contributed by atoms with Crippen LogP contribution in [0.15, 0.2) is 4.79 Å². The summed E-state index contributed by atoms with van der Waals surface area (Å²) in [7, 11) is 1.51. The van der Waals surface area contributed by atoms with Crippen LogP contribution in [0.2, 0.25) is 0 Å². The minimum Gasteiger partial charge on any atom is -0.477 e. The van der Waals surface area contributed by atoms with Crippen LogP contribution < -0.4 is 5.69 Å². The number of aromatic nitrogens is 2. The molecule has 1 aliphatic heterocycles. The van der Waals surface area contributed by atoms with Gasteiger partial charge in [0.25, 0.3) is 0 Å². The second-order valence-corrected chi connectivity index (χ2v) is 3.55. The third-order valence-electron chi connectivity index (χ3n) is 2.70. The van der Waals surface area contributed by atoms with Crippen molar-refractivity contribution in [1.82, 2.24) is 9.13 Å². The van der Waals surface area contributed by atoms with Gasteiger partial charge in [-0.2, -0.15) is 0 Å². The summed E-state index contributed by atoms with van der Waals surface area (Å²) in [6, 6.07) is 0. The first-order valence-corrected chi connectivity index (χ1v) is 4.64. The maximum Gasteiger partial charge on any atom is 0.354 e. The second-order valence-electron chi connectivity index (χ2n) is 3.55. The van der Waals surface area contributed by atoms with Crippen molar-refractivity contribution in [1.29, 1.82) is 0 Å². The largest absolute Gasteiger partial charge is 0.477 e. The van der Waals surface area contributed by atoms with E-state index in [4.69, 9.17) is 5.11 Å². The minimum absolute atomic E-state index is 0.148. The molecule has 0 atom stereocenters. The zero-order valence-electron chi connectivity index (χ0n) is 7.99. The summed E-state index contributed by atoms with van der Waals surface area (Å²) in [5, 5.41) is 8.96. The molecule has 0 fully saturated rings. The Hall–Kier alpha value is -1.52. The molecule has 0 aliphatic carbocycles. The highest BCUT2D eigenvalue weighted by Crippen LogP contribution is 2.16. The van der Waals surface area contributed by atoms with E-state index in [-0.39, 0.29) is 11.4 Å². The van der Waals surface area contributed by atoms with E-state index in [1.54, 1.807) is 4.57 Å². The second kappa shape index (κ2) is 3.01. The predicted molar refractivity (Wildman–Crippen MR) is 49.6 cm³/mol. The lowest BCUT2D eigenvalue weighted by Crippen LogP contribution is -2.25. The number of carboxylic acid groups (broad SMARTS) is 1. The molecule has 76 valence electrons. The fourth-order valence-electron chi connectivity index (χ4n) is 2.03. The molecule has 1 aromatic heterocycles. The number of carbonyl (C=O) groups is 1. The average molecular weight is 196 g/mol. The first-order chi connectivity index (χ1) is 6.63. The highest BCUT2D eigenvalue weighted by molar-refractivity contribution is 5.87. The van der Waals surface area contributed by atoms with Gasteiger partial charge < -0.3 is 5.11 Å². The Morgan fingerprint density at radius 3 is 2.79 bits per heavy atom. The van der Waals surface area contributed by atoms with E-state index in [0.29, 0.717) is 18.7 Å². The molecule has 1 aliphatic rings. The third kappa shape index (κ3) is 1.08. The van der Waals surface area contributed by atoms with Crippen LogP contribution in [0.1, 0.15) is 29.0 Å². The molecule has 0 unspecified atom stereocenters. The van der Waals surface area contributed by atoms with Crippen molar-refractivity contribution in [3.8, 4) is 0 Å². The summed E-state index contributed by atoms with van der Waals surface area (Å²) in [5.41, 5.74) is 0.614. The molecule has 0 radical (unpaired) electrons. The number of aromatic carboxylic acids is 1. The topological polar surface area (TPSA) is 64.2 Å². The van der Waals surface area contributed by atoms with E-state index in [2.05, 4.69) is 0 Å². The zero-order chi connectivity index (χ0) is 10.3. The first kappa shape index (κ1) is 9.05. The molecule has 1 N–H and O–H groups in total. The summed E-state index contributed by atoms with van der Waals surface area (Å²) >= 11 is 0. The smallest absolute Gasteiger partial charge is 0.354 e. The van der Waals surface area contributed by atoms with Gasteiger partial charge in [-0.3, -0.25) is 9.13 Å². The number of rotatable bonds is 1. The zero-order valence-corrected chi connectivity index (χ0v) is 7.99. The number of imidazole rings is 1. The molecule has 5 nitrogen and oxygen atoms in total. The molecule has 5 heteroatoms. The molecule has 1 aromatic rings.